The van der Waals surface area contributed by atoms with Gasteiger partial charge >= 0.3 is 5.97 Å². The van der Waals surface area contributed by atoms with E-state index >= 15 is 0 Å². The molecule has 0 radical (unpaired) electrons. The average molecular weight is 379 g/mol. The van der Waals surface area contributed by atoms with Crippen LogP contribution in [0.3, 0.4) is 0 Å². The fourth-order valence-electron chi connectivity index (χ4n) is 3.15. The zero-order valence-corrected chi connectivity index (χ0v) is 15.0. The molecule has 2 aromatic heterocycles. The van der Waals surface area contributed by atoms with Crippen molar-refractivity contribution < 1.29 is 14.3 Å². The van der Waals surface area contributed by atoms with Crippen molar-refractivity contribution in [3.63, 3.8) is 0 Å². The van der Waals surface area contributed by atoms with Gasteiger partial charge in [-0.2, -0.15) is 0 Å². The highest BCUT2D eigenvalue weighted by Gasteiger charge is 2.16. The summed E-state index contributed by atoms with van der Waals surface area (Å²) < 4.78 is 6.90. The van der Waals surface area contributed by atoms with Crippen LogP contribution in [-0.4, -0.2) is 28.0 Å². The van der Waals surface area contributed by atoms with E-state index in [1.807, 2.05) is 48.5 Å². The van der Waals surface area contributed by atoms with Crippen molar-refractivity contribution in [2.45, 2.75) is 6.42 Å². The highest BCUT2D eigenvalue weighted by molar-refractivity contribution is 6.29. The summed E-state index contributed by atoms with van der Waals surface area (Å²) in [5, 5.41) is 2.25. The van der Waals surface area contributed by atoms with Crippen LogP contribution in [-0.2, 0) is 4.74 Å². The van der Waals surface area contributed by atoms with E-state index in [1.54, 1.807) is 4.57 Å². The van der Waals surface area contributed by atoms with Crippen LogP contribution in [0.25, 0.3) is 21.8 Å². The molecule has 0 N–H and O–H groups in total. The first-order chi connectivity index (χ1) is 13.1. The molecule has 6 heteroatoms. The van der Waals surface area contributed by atoms with E-state index in [4.69, 9.17) is 16.3 Å². The van der Waals surface area contributed by atoms with Gasteiger partial charge < -0.3 is 4.74 Å². The molecule has 0 aliphatic carbocycles. The number of carbonyl (C=O) groups is 2. The molecule has 134 valence electrons. The molecule has 0 amide bonds. The van der Waals surface area contributed by atoms with Gasteiger partial charge in [0, 0.05) is 17.0 Å². The molecule has 0 aliphatic heterocycles. The molecule has 4 aromatic rings. The number of para-hydroxylation sites is 2. The number of hydrogen-bond donors (Lipinski definition) is 0. The van der Waals surface area contributed by atoms with E-state index in [-0.39, 0.29) is 24.1 Å². The number of rotatable bonds is 4. The quantitative estimate of drug-likeness (QED) is 0.380. The second-order valence-electron chi connectivity index (χ2n) is 6.02. The molecule has 0 fully saturated rings. The minimum atomic E-state index is -0.533. The highest BCUT2D eigenvalue weighted by atomic mass is 35.5. The smallest absolute Gasteiger partial charge is 0.338 e. The summed E-state index contributed by atoms with van der Waals surface area (Å²) in [6, 6.07) is 18.5. The summed E-state index contributed by atoms with van der Waals surface area (Å²) in [5.74, 6) is -0.665. The summed E-state index contributed by atoms with van der Waals surface area (Å²) in [5.41, 5.74) is 1.99. The maximum absolute atomic E-state index is 12.8. The van der Waals surface area contributed by atoms with Gasteiger partial charge in [0.15, 0.2) is 0 Å². The number of esters is 1. The second-order valence-corrected chi connectivity index (χ2v) is 6.40. The van der Waals surface area contributed by atoms with Crippen molar-refractivity contribution >= 4 is 45.3 Å². The van der Waals surface area contributed by atoms with Gasteiger partial charge in [-0.25, -0.2) is 9.78 Å². The Labute approximate surface area is 160 Å². The van der Waals surface area contributed by atoms with Crippen molar-refractivity contribution in [2.24, 2.45) is 0 Å². The molecule has 0 bridgehead atoms. The lowest BCUT2D eigenvalue weighted by atomic mass is 10.2. The van der Waals surface area contributed by atoms with Crippen LogP contribution in [0.1, 0.15) is 21.6 Å². The molecule has 2 heterocycles. The summed E-state index contributed by atoms with van der Waals surface area (Å²) in [6.45, 7) is -0.0154. The minimum absolute atomic E-state index is 0.0154. The van der Waals surface area contributed by atoms with Crippen molar-refractivity contribution in [3.8, 4) is 0 Å². The predicted molar refractivity (Wildman–Crippen MR) is 104 cm³/mol. The second kappa shape index (κ2) is 7.21. The Morgan fingerprint density at radius 3 is 2.22 bits per heavy atom. The van der Waals surface area contributed by atoms with Crippen LogP contribution in [0.5, 0.6) is 0 Å². The maximum Gasteiger partial charge on any atom is 0.338 e. The Kier molecular flexibility index (Phi) is 4.60. The number of pyridine rings is 1. The zero-order valence-electron chi connectivity index (χ0n) is 14.3. The normalized spacial score (nSPS) is 11.0. The third-order valence-electron chi connectivity index (χ3n) is 4.34. The first kappa shape index (κ1) is 17.2. The first-order valence-corrected chi connectivity index (χ1v) is 8.83. The lowest BCUT2D eigenvalue weighted by molar-refractivity contribution is 0.0490. The molecule has 0 atom stereocenters. The Morgan fingerprint density at radius 2 is 1.59 bits per heavy atom. The summed E-state index contributed by atoms with van der Waals surface area (Å²) >= 11 is 5.78. The number of benzene rings is 2. The van der Waals surface area contributed by atoms with Crippen LogP contribution in [0, 0.1) is 0 Å². The molecule has 0 saturated carbocycles. The Bertz CT molecular complexity index is 1110. The molecule has 0 unspecified atom stereocenters. The van der Waals surface area contributed by atoms with Crippen LogP contribution >= 0.6 is 11.6 Å². The highest BCUT2D eigenvalue weighted by Crippen LogP contribution is 2.28. The average Bonchev–Trinajstić information content (AvgIpc) is 3.02. The lowest BCUT2D eigenvalue weighted by Gasteiger charge is -2.07. The minimum Gasteiger partial charge on any atom is -0.462 e. The van der Waals surface area contributed by atoms with Crippen LogP contribution in [0.4, 0.5) is 0 Å². The Hall–Kier alpha value is -3.18. The SMILES string of the molecule is O=C(OCCC(=O)n1c2ccccc2c2ccccc21)c1ccnc(Cl)c1. The fourth-order valence-corrected chi connectivity index (χ4v) is 3.32. The number of ether oxygens (including phenoxy) is 1. The van der Waals surface area contributed by atoms with Crippen molar-refractivity contribution in [1.29, 1.82) is 0 Å². The largest absolute Gasteiger partial charge is 0.462 e. The van der Waals surface area contributed by atoms with Gasteiger partial charge in [0.25, 0.3) is 0 Å². The van der Waals surface area contributed by atoms with Crippen molar-refractivity contribution in [3.05, 3.63) is 77.6 Å². The fraction of sp³-hybridized carbons (Fsp3) is 0.0952. The molecular formula is C21H15ClN2O3. The zero-order chi connectivity index (χ0) is 18.8. The maximum atomic E-state index is 12.8. The van der Waals surface area contributed by atoms with Crippen molar-refractivity contribution in [2.75, 3.05) is 6.61 Å². The Morgan fingerprint density at radius 1 is 0.963 bits per heavy atom. The molecular weight excluding hydrogens is 364 g/mol. The van der Waals surface area contributed by atoms with E-state index in [0.717, 1.165) is 21.8 Å². The van der Waals surface area contributed by atoms with Gasteiger partial charge in [0.1, 0.15) is 11.8 Å². The number of carbonyl (C=O) groups excluding carboxylic acids is 2. The monoisotopic (exact) mass is 378 g/mol. The van der Waals surface area contributed by atoms with E-state index < -0.39 is 5.97 Å². The Balaban J connectivity index is 1.54. The number of fused-ring (bicyclic) bond motifs is 3. The molecule has 4 rings (SSSR count). The van der Waals surface area contributed by atoms with Crippen LogP contribution in [0.2, 0.25) is 5.15 Å². The van der Waals surface area contributed by atoms with E-state index in [2.05, 4.69) is 4.98 Å². The number of aromatic nitrogens is 2. The van der Waals surface area contributed by atoms with E-state index in [0.29, 0.717) is 5.56 Å². The van der Waals surface area contributed by atoms with Crippen molar-refractivity contribution in [1.82, 2.24) is 9.55 Å². The van der Waals surface area contributed by atoms with Gasteiger partial charge in [-0.15, -0.1) is 0 Å². The summed E-state index contributed by atoms with van der Waals surface area (Å²) in [6.07, 6.45) is 1.51. The molecule has 0 spiro atoms. The van der Waals surface area contributed by atoms with Crippen LogP contribution < -0.4 is 0 Å². The first-order valence-electron chi connectivity index (χ1n) is 8.45. The summed E-state index contributed by atoms with van der Waals surface area (Å²) in [7, 11) is 0. The topological polar surface area (TPSA) is 61.2 Å². The van der Waals surface area contributed by atoms with Gasteiger partial charge in [0.2, 0.25) is 5.91 Å². The van der Waals surface area contributed by atoms with Gasteiger partial charge in [-0.3, -0.25) is 9.36 Å². The number of halogens is 1. The predicted octanol–water partition coefficient (Wildman–Crippen LogP) is 4.73. The van der Waals surface area contributed by atoms with Gasteiger partial charge in [-0.05, 0) is 24.3 Å². The molecule has 0 saturated heterocycles. The van der Waals surface area contributed by atoms with Gasteiger partial charge in [0.05, 0.1) is 23.0 Å². The van der Waals surface area contributed by atoms with Crippen LogP contribution in [0.15, 0.2) is 66.9 Å². The lowest BCUT2D eigenvalue weighted by Crippen LogP contribution is -2.15. The standard InChI is InChI=1S/C21H15ClN2O3/c22-19-13-14(9-11-23-19)21(26)27-12-10-20(25)24-17-7-3-1-5-15(17)16-6-2-4-8-18(16)24/h1-9,11,13H,10,12H2. The third kappa shape index (κ3) is 3.29. The third-order valence-corrected chi connectivity index (χ3v) is 4.55. The molecule has 2 aromatic carbocycles. The van der Waals surface area contributed by atoms with Gasteiger partial charge in [-0.1, -0.05) is 48.0 Å². The number of nitrogens with zero attached hydrogens (tertiary/aromatic N) is 2. The molecule has 27 heavy (non-hydrogen) atoms. The number of hydrogen-bond acceptors (Lipinski definition) is 4. The molecule has 0 aliphatic rings. The van der Waals surface area contributed by atoms with E-state index in [9.17, 15) is 9.59 Å². The van der Waals surface area contributed by atoms with E-state index in [1.165, 1.54) is 18.3 Å². The molecule has 5 nitrogen and oxygen atoms in total. The summed E-state index contributed by atoms with van der Waals surface area (Å²) in [4.78, 5) is 28.7.